The number of hydrogen-bond acceptors (Lipinski definition) is 4. The van der Waals surface area contributed by atoms with E-state index in [1.54, 1.807) is 4.90 Å². The number of amides is 1. The van der Waals surface area contributed by atoms with Crippen molar-refractivity contribution in [3.05, 3.63) is 93.5 Å². The van der Waals surface area contributed by atoms with Crippen molar-refractivity contribution in [1.82, 2.24) is 9.80 Å². The fourth-order valence-corrected chi connectivity index (χ4v) is 5.19. The first kappa shape index (κ1) is 27.6. The lowest BCUT2D eigenvalue weighted by Crippen LogP contribution is -2.47. The fourth-order valence-electron chi connectivity index (χ4n) is 4.87. The number of nitrogens with zero attached hydrogens (tertiary/aromatic N) is 2. The van der Waals surface area contributed by atoms with Crippen LogP contribution in [0.15, 0.2) is 66.7 Å². The number of hydrogen-bond donors (Lipinski definition) is 1. The van der Waals surface area contributed by atoms with Crippen molar-refractivity contribution in [2.24, 2.45) is 5.92 Å². The zero-order chi connectivity index (χ0) is 26.5. The molecule has 1 heterocycles. The molecule has 0 unspecified atom stereocenters. The molecule has 1 aliphatic heterocycles. The third-order valence-corrected chi connectivity index (χ3v) is 7.76. The number of likely N-dealkylation sites (N-methyl/N-ethyl adjacent to an activating group) is 1. The van der Waals surface area contributed by atoms with E-state index >= 15 is 0 Å². The Morgan fingerprint density at radius 1 is 1.03 bits per heavy atom. The smallest absolute Gasteiger partial charge is 0.254 e. The molecule has 0 radical (unpaired) electrons. The second kappa shape index (κ2) is 12.4. The highest BCUT2D eigenvalue weighted by Crippen LogP contribution is 2.31. The normalized spacial score (nSPS) is 19.2. The van der Waals surface area contributed by atoms with Crippen LogP contribution in [0.4, 0.5) is 0 Å². The largest absolute Gasteiger partial charge is 0.394 e. The van der Waals surface area contributed by atoms with Crippen molar-refractivity contribution >= 4 is 29.1 Å². The Morgan fingerprint density at radius 3 is 2.41 bits per heavy atom. The van der Waals surface area contributed by atoms with Crippen molar-refractivity contribution in [2.45, 2.75) is 39.1 Å². The summed E-state index contributed by atoms with van der Waals surface area (Å²) in [7, 11) is 2.05. The number of aliphatic hydroxyl groups is 1. The van der Waals surface area contributed by atoms with Gasteiger partial charge in [-0.3, -0.25) is 9.69 Å². The molecule has 4 rings (SSSR count). The monoisotopic (exact) mass is 540 g/mol. The molecule has 7 heteroatoms. The first-order valence-corrected chi connectivity index (χ1v) is 13.4. The molecular formula is C30H34Cl2N2O3. The quantitative estimate of drug-likeness (QED) is 0.407. The van der Waals surface area contributed by atoms with Crippen LogP contribution in [0.3, 0.4) is 0 Å². The molecule has 37 heavy (non-hydrogen) atoms. The van der Waals surface area contributed by atoms with Crippen LogP contribution in [0.1, 0.15) is 35.3 Å². The van der Waals surface area contributed by atoms with Crippen LogP contribution in [0.5, 0.6) is 0 Å². The number of carbonyl (C=O) groups excluding carboxylic acids is 1. The average Bonchev–Trinajstić information content (AvgIpc) is 2.92. The lowest BCUT2D eigenvalue weighted by molar-refractivity contribution is -0.0241. The van der Waals surface area contributed by atoms with E-state index in [0.29, 0.717) is 41.8 Å². The summed E-state index contributed by atoms with van der Waals surface area (Å²) in [5.74, 6) is -0.0600. The Bertz CT molecular complexity index is 1230. The van der Waals surface area contributed by atoms with Crippen LogP contribution in [0, 0.1) is 5.92 Å². The first-order valence-electron chi connectivity index (χ1n) is 12.6. The first-order chi connectivity index (χ1) is 17.8. The molecule has 0 aliphatic carbocycles. The second-order valence-electron chi connectivity index (χ2n) is 9.96. The van der Waals surface area contributed by atoms with Crippen LogP contribution in [0.2, 0.25) is 10.0 Å². The van der Waals surface area contributed by atoms with Gasteiger partial charge < -0.3 is 14.7 Å². The van der Waals surface area contributed by atoms with Gasteiger partial charge in [-0.2, -0.15) is 0 Å². The highest BCUT2D eigenvalue weighted by molar-refractivity contribution is 6.42. The minimum Gasteiger partial charge on any atom is -0.394 e. The van der Waals surface area contributed by atoms with Gasteiger partial charge in [-0.25, -0.2) is 0 Å². The van der Waals surface area contributed by atoms with Crippen LogP contribution in [0.25, 0.3) is 11.1 Å². The molecule has 1 N–H and O–H groups in total. The van der Waals surface area contributed by atoms with Crippen LogP contribution in [-0.4, -0.2) is 59.7 Å². The van der Waals surface area contributed by atoms with Crippen LogP contribution in [-0.2, 0) is 17.9 Å². The number of halogens is 2. The Labute approximate surface area is 229 Å². The van der Waals surface area contributed by atoms with E-state index in [0.717, 1.165) is 22.3 Å². The minimum absolute atomic E-state index is 0.0200. The number of aliphatic hydroxyl groups excluding tert-OH is 1. The lowest BCUT2D eigenvalue weighted by atomic mass is 9.94. The molecule has 3 aromatic rings. The number of ether oxygens (including phenoxy) is 1. The van der Waals surface area contributed by atoms with E-state index in [9.17, 15) is 9.90 Å². The summed E-state index contributed by atoms with van der Waals surface area (Å²) >= 11 is 12.3. The van der Waals surface area contributed by atoms with Gasteiger partial charge in [-0.05, 0) is 54.4 Å². The summed E-state index contributed by atoms with van der Waals surface area (Å²) in [4.78, 5) is 17.9. The van der Waals surface area contributed by atoms with Crippen LogP contribution < -0.4 is 0 Å². The fraction of sp³-hybridized carbons (Fsp3) is 0.367. The van der Waals surface area contributed by atoms with Gasteiger partial charge in [0.1, 0.15) is 0 Å². The van der Waals surface area contributed by atoms with Gasteiger partial charge in [0.15, 0.2) is 0 Å². The Hall–Kier alpha value is -2.41. The molecule has 3 aromatic carbocycles. The third-order valence-electron chi connectivity index (χ3n) is 7.02. The van der Waals surface area contributed by atoms with Gasteiger partial charge in [-0.1, -0.05) is 78.7 Å². The van der Waals surface area contributed by atoms with Gasteiger partial charge in [0, 0.05) is 31.1 Å². The summed E-state index contributed by atoms with van der Waals surface area (Å²) in [6, 6.07) is 21.1. The molecule has 0 saturated heterocycles. The van der Waals surface area contributed by atoms with Crippen LogP contribution >= 0.6 is 23.2 Å². The molecule has 1 amide bonds. The van der Waals surface area contributed by atoms with Gasteiger partial charge >= 0.3 is 0 Å². The predicted octanol–water partition coefficient (Wildman–Crippen LogP) is 6.15. The predicted molar refractivity (Wildman–Crippen MR) is 150 cm³/mol. The maximum absolute atomic E-state index is 13.9. The van der Waals surface area contributed by atoms with Crippen molar-refractivity contribution < 1.29 is 14.6 Å². The summed E-state index contributed by atoms with van der Waals surface area (Å²) in [6.45, 7) is 6.12. The second-order valence-corrected chi connectivity index (χ2v) is 10.8. The Kier molecular flexibility index (Phi) is 9.27. The Balaban J connectivity index is 1.66. The highest BCUT2D eigenvalue weighted by atomic mass is 35.5. The van der Waals surface area contributed by atoms with Gasteiger partial charge in [0.25, 0.3) is 5.91 Å². The van der Waals surface area contributed by atoms with Gasteiger partial charge in [-0.15, -0.1) is 0 Å². The number of rotatable bonds is 6. The molecule has 0 spiro atoms. The SMILES string of the molecule is C[C@H](CO)N1C[C@H](C)[C@H](CN(C)Cc2ccc(Cl)c(Cl)c2)OCc2ccccc2-c2ccccc2C1=O. The average molecular weight is 542 g/mol. The van der Waals surface area contributed by atoms with Gasteiger partial charge in [0.2, 0.25) is 0 Å². The molecule has 3 atom stereocenters. The van der Waals surface area contributed by atoms with E-state index in [4.69, 9.17) is 27.9 Å². The van der Waals surface area contributed by atoms with Crippen molar-refractivity contribution in [3.8, 4) is 11.1 Å². The van der Waals surface area contributed by atoms with E-state index < -0.39 is 0 Å². The maximum Gasteiger partial charge on any atom is 0.254 e. The maximum atomic E-state index is 13.9. The molecule has 0 fully saturated rings. The zero-order valence-electron chi connectivity index (χ0n) is 21.5. The molecule has 0 saturated carbocycles. The topological polar surface area (TPSA) is 53.0 Å². The summed E-state index contributed by atoms with van der Waals surface area (Å²) < 4.78 is 6.59. The van der Waals surface area contributed by atoms with Gasteiger partial charge in [0.05, 0.1) is 35.4 Å². The van der Waals surface area contributed by atoms with E-state index in [1.807, 2.05) is 74.6 Å². The van der Waals surface area contributed by atoms with Crippen molar-refractivity contribution in [2.75, 3.05) is 26.7 Å². The molecule has 196 valence electrons. The summed E-state index contributed by atoms with van der Waals surface area (Å²) in [5.41, 5.74) is 4.60. The third kappa shape index (κ3) is 6.54. The molecule has 0 bridgehead atoms. The lowest BCUT2D eigenvalue weighted by Gasteiger charge is -2.35. The summed E-state index contributed by atoms with van der Waals surface area (Å²) in [6.07, 6.45) is -0.150. The number of fused-ring (bicyclic) bond motifs is 3. The van der Waals surface area contributed by atoms with E-state index in [2.05, 4.69) is 17.9 Å². The Morgan fingerprint density at radius 2 is 1.70 bits per heavy atom. The van der Waals surface area contributed by atoms with E-state index in [-0.39, 0.29) is 30.6 Å². The van der Waals surface area contributed by atoms with Crippen molar-refractivity contribution in [3.63, 3.8) is 0 Å². The van der Waals surface area contributed by atoms with E-state index in [1.165, 1.54) is 0 Å². The van der Waals surface area contributed by atoms with Crippen molar-refractivity contribution in [1.29, 1.82) is 0 Å². The number of carbonyl (C=O) groups is 1. The summed E-state index contributed by atoms with van der Waals surface area (Å²) in [5, 5.41) is 11.1. The highest BCUT2D eigenvalue weighted by Gasteiger charge is 2.30. The minimum atomic E-state index is -0.325. The molecule has 5 nitrogen and oxygen atoms in total. The standard InChI is InChI=1S/C30H34Cl2N2O3/c1-20-15-34(21(2)18-35)30(36)26-11-7-6-10-25(26)24-9-5-4-8-23(24)19-37-29(20)17-33(3)16-22-12-13-27(31)28(32)14-22/h4-14,20-21,29,35H,15-19H2,1-3H3/t20-,21+,29-/m0/s1. The molecular weight excluding hydrogens is 507 g/mol. The zero-order valence-corrected chi connectivity index (χ0v) is 23.0. The number of benzene rings is 3. The molecule has 1 aliphatic rings. The molecule has 0 aromatic heterocycles.